The summed E-state index contributed by atoms with van der Waals surface area (Å²) in [4.78, 5) is 16.1. The highest BCUT2D eigenvalue weighted by Crippen LogP contribution is 2.30. The van der Waals surface area contributed by atoms with Crippen molar-refractivity contribution >= 4 is 17.4 Å². The van der Waals surface area contributed by atoms with E-state index in [1.165, 1.54) is 0 Å². The van der Waals surface area contributed by atoms with Crippen LogP contribution in [0.4, 0.5) is 11.5 Å². The van der Waals surface area contributed by atoms with E-state index in [1.54, 1.807) is 32.5 Å². The van der Waals surface area contributed by atoms with Gasteiger partial charge in [0.05, 0.1) is 25.5 Å². The molecule has 0 aliphatic carbocycles. The van der Waals surface area contributed by atoms with Gasteiger partial charge in [0.25, 0.3) is 5.91 Å². The van der Waals surface area contributed by atoms with Crippen LogP contribution < -0.4 is 20.1 Å². The molecule has 0 bridgehead atoms. The van der Waals surface area contributed by atoms with E-state index in [-0.39, 0.29) is 5.91 Å². The topological polar surface area (TPSA) is 72.5 Å². The van der Waals surface area contributed by atoms with Gasteiger partial charge in [-0.25, -0.2) is 4.98 Å². The fraction of sp³-hybridized carbons (Fsp3) is 0.294. The first kappa shape index (κ1) is 16.6. The number of carbonyl (C=O) groups is 1. The maximum Gasteiger partial charge on any atom is 0.252 e. The van der Waals surface area contributed by atoms with Crippen LogP contribution in [0.1, 0.15) is 23.7 Å². The van der Waals surface area contributed by atoms with Gasteiger partial charge in [-0.1, -0.05) is 6.92 Å². The Kier molecular flexibility index (Phi) is 5.80. The van der Waals surface area contributed by atoms with Gasteiger partial charge >= 0.3 is 0 Å². The zero-order chi connectivity index (χ0) is 16.7. The summed E-state index contributed by atoms with van der Waals surface area (Å²) in [7, 11) is 3.20. The predicted molar refractivity (Wildman–Crippen MR) is 89.7 cm³/mol. The van der Waals surface area contributed by atoms with Crippen molar-refractivity contribution < 1.29 is 14.3 Å². The van der Waals surface area contributed by atoms with Crippen molar-refractivity contribution in [3.8, 4) is 11.5 Å². The van der Waals surface area contributed by atoms with Crippen molar-refractivity contribution in [3.63, 3.8) is 0 Å². The normalized spacial score (nSPS) is 10.0. The molecule has 6 nitrogen and oxygen atoms in total. The van der Waals surface area contributed by atoms with E-state index in [0.29, 0.717) is 29.4 Å². The predicted octanol–water partition coefficient (Wildman–Crippen LogP) is 2.98. The van der Waals surface area contributed by atoms with E-state index in [9.17, 15) is 4.79 Å². The Morgan fingerprint density at radius 1 is 1.17 bits per heavy atom. The van der Waals surface area contributed by atoms with Crippen LogP contribution in [0.3, 0.4) is 0 Å². The minimum Gasteiger partial charge on any atom is -0.497 e. The lowest BCUT2D eigenvalue weighted by Gasteiger charge is -2.12. The second-order valence-corrected chi connectivity index (χ2v) is 4.88. The molecular formula is C17H21N3O3. The number of anilines is 2. The Morgan fingerprint density at radius 2 is 2.00 bits per heavy atom. The smallest absolute Gasteiger partial charge is 0.252 e. The summed E-state index contributed by atoms with van der Waals surface area (Å²) in [6.45, 7) is 2.66. The Balaban J connectivity index is 2.13. The molecule has 23 heavy (non-hydrogen) atoms. The maximum atomic E-state index is 11.8. The van der Waals surface area contributed by atoms with Gasteiger partial charge in [-0.15, -0.1) is 0 Å². The van der Waals surface area contributed by atoms with Crippen LogP contribution >= 0.6 is 0 Å². The van der Waals surface area contributed by atoms with Crippen LogP contribution in [-0.2, 0) is 0 Å². The first-order valence-corrected chi connectivity index (χ1v) is 7.41. The number of hydrogen-bond donors (Lipinski definition) is 2. The van der Waals surface area contributed by atoms with Gasteiger partial charge in [-0.05, 0) is 30.7 Å². The van der Waals surface area contributed by atoms with Crippen LogP contribution in [-0.4, -0.2) is 31.7 Å². The Bertz CT molecular complexity index is 657. The van der Waals surface area contributed by atoms with Gasteiger partial charge in [0.15, 0.2) is 0 Å². The molecule has 0 radical (unpaired) electrons. The highest BCUT2D eigenvalue weighted by atomic mass is 16.5. The van der Waals surface area contributed by atoms with Crippen molar-refractivity contribution in [3.05, 3.63) is 42.1 Å². The number of ether oxygens (including phenoxy) is 2. The van der Waals surface area contributed by atoms with Crippen LogP contribution in [0.15, 0.2) is 36.5 Å². The van der Waals surface area contributed by atoms with E-state index < -0.39 is 0 Å². The molecule has 0 aliphatic heterocycles. The first-order chi connectivity index (χ1) is 11.2. The highest BCUT2D eigenvalue weighted by molar-refractivity contribution is 5.94. The molecule has 1 heterocycles. The highest BCUT2D eigenvalue weighted by Gasteiger charge is 2.08. The van der Waals surface area contributed by atoms with Crippen molar-refractivity contribution in [1.29, 1.82) is 0 Å². The van der Waals surface area contributed by atoms with E-state index in [2.05, 4.69) is 15.6 Å². The Morgan fingerprint density at radius 3 is 2.61 bits per heavy atom. The number of nitrogens with zero attached hydrogens (tertiary/aromatic N) is 1. The lowest BCUT2D eigenvalue weighted by atomic mass is 10.2. The number of carbonyl (C=O) groups excluding carboxylic acids is 1. The summed E-state index contributed by atoms with van der Waals surface area (Å²) < 4.78 is 10.5. The summed E-state index contributed by atoms with van der Waals surface area (Å²) in [6.07, 6.45) is 2.44. The summed E-state index contributed by atoms with van der Waals surface area (Å²) >= 11 is 0. The fourth-order valence-electron chi connectivity index (χ4n) is 1.99. The lowest BCUT2D eigenvalue weighted by molar-refractivity contribution is 0.0953. The number of methoxy groups -OCH3 is 2. The lowest BCUT2D eigenvalue weighted by Crippen LogP contribution is -2.24. The minimum atomic E-state index is -0.120. The van der Waals surface area contributed by atoms with Crippen LogP contribution in [0.25, 0.3) is 0 Å². The molecule has 2 N–H and O–H groups in total. The molecule has 0 spiro atoms. The molecule has 6 heteroatoms. The zero-order valence-electron chi connectivity index (χ0n) is 13.6. The number of pyridine rings is 1. The largest absolute Gasteiger partial charge is 0.497 e. The number of aromatic nitrogens is 1. The van der Waals surface area contributed by atoms with Gasteiger partial charge < -0.3 is 20.1 Å². The summed E-state index contributed by atoms with van der Waals surface area (Å²) in [5.41, 5.74) is 1.27. The summed E-state index contributed by atoms with van der Waals surface area (Å²) in [5.74, 6) is 1.88. The van der Waals surface area contributed by atoms with E-state index in [4.69, 9.17) is 9.47 Å². The average molecular weight is 315 g/mol. The number of nitrogens with one attached hydrogen (secondary N) is 2. The van der Waals surface area contributed by atoms with Gasteiger partial charge in [-0.2, -0.15) is 0 Å². The molecule has 1 aromatic carbocycles. The van der Waals surface area contributed by atoms with Gasteiger partial charge in [0.1, 0.15) is 17.3 Å². The monoisotopic (exact) mass is 315 g/mol. The summed E-state index contributed by atoms with van der Waals surface area (Å²) in [6, 6.07) is 8.93. The maximum absolute atomic E-state index is 11.8. The molecular weight excluding hydrogens is 294 g/mol. The molecule has 122 valence electrons. The van der Waals surface area contributed by atoms with Gasteiger partial charge in [0.2, 0.25) is 0 Å². The molecule has 2 aromatic rings. The third-order valence-corrected chi connectivity index (χ3v) is 3.23. The third kappa shape index (κ3) is 4.35. The van der Waals surface area contributed by atoms with Crippen molar-refractivity contribution in [2.45, 2.75) is 13.3 Å². The van der Waals surface area contributed by atoms with Crippen molar-refractivity contribution in [2.24, 2.45) is 0 Å². The second-order valence-electron chi connectivity index (χ2n) is 4.88. The molecule has 1 amide bonds. The Hall–Kier alpha value is -2.76. The third-order valence-electron chi connectivity index (χ3n) is 3.23. The number of benzene rings is 1. The molecule has 0 saturated carbocycles. The zero-order valence-corrected chi connectivity index (χ0v) is 13.6. The molecule has 0 fully saturated rings. The van der Waals surface area contributed by atoms with E-state index in [0.717, 1.165) is 12.1 Å². The summed E-state index contributed by atoms with van der Waals surface area (Å²) in [5, 5.41) is 5.97. The van der Waals surface area contributed by atoms with E-state index >= 15 is 0 Å². The van der Waals surface area contributed by atoms with Crippen LogP contribution in [0.2, 0.25) is 0 Å². The number of amides is 1. The number of rotatable bonds is 7. The Labute approximate surface area is 135 Å². The number of hydrogen-bond acceptors (Lipinski definition) is 5. The first-order valence-electron chi connectivity index (χ1n) is 7.41. The molecule has 2 rings (SSSR count). The van der Waals surface area contributed by atoms with Crippen molar-refractivity contribution in [2.75, 3.05) is 26.1 Å². The molecule has 0 unspecified atom stereocenters. The molecule has 1 aromatic heterocycles. The quantitative estimate of drug-likeness (QED) is 0.822. The standard InChI is InChI=1S/C17H21N3O3/c1-4-9-18-17(21)12-5-8-16(19-11-12)20-14-10-13(22-2)6-7-15(14)23-3/h5-8,10-11H,4,9H2,1-3H3,(H,18,21)(H,19,20). The van der Waals surface area contributed by atoms with Crippen LogP contribution in [0.5, 0.6) is 11.5 Å². The van der Waals surface area contributed by atoms with E-state index in [1.807, 2.05) is 25.1 Å². The van der Waals surface area contributed by atoms with Gasteiger partial charge in [-0.3, -0.25) is 4.79 Å². The fourth-order valence-corrected chi connectivity index (χ4v) is 1.99. The van der Waals surface area contributed by atoms with Gasteiger partial charge in [0, 0.05) is 18.8 Å². The molecule has 0 aliphatic rings. The van der Waals surface area contributed by atoms with Crippen molar-refractivity contribution in [1.82, 2.24) is 10.3 Å². The van der Waals surface area contributed by atoms with Crippen LogP contribution in [0, 0.1) is 0 Å². The molecule has 0 saturated heterocycles. The SMILES string of the molecule is CCCNC(=O)c1ccc(Nc2cc(OC)ccc2OC)nc1. The minimum absolute atomic E-state index is 0.120. The average Bonchev–Trinajstić information content (AvgIpc) is 2.60. The second kappa shape index (κ2) is 8.03. The molecule has 0 atom stereocenters.